The average molecular weight is 716 g/mol. The second kappa shape index (κ2) is 37.2. The first kappa shape index (κ1) is 43.7. The van der Waals surface area contributed by atoms with Gasteiger partial charge in [-0.25, -0.2) is 0 Å². The molecular formula is C40H84O2Sn. The fraction of sp³-hybridized carbons (Fsp3) is 1.00. The molecule has 43 heavy (non-hydrogen) atoms. The minimum absolute atomic E-state index is 0.373. The van der Waals surface area contributed by atoms with Crippen molar-refractivity contribution in [2.45, 2.75) is 237 Å². The number of aliphatic hydroxyl groups is 2. The molecule has 0 fully saturated rings. The monoisotopic (exact) mass is 717 g/mol. The predicted molar refractivity (Wildman–Crippen MR) is 198 cm³/mol. The summed E-state index contributed by atoms with van der Waals surface area (Å²) in [5.41, 5.74) is 0. The van der Waals surface area contributed by atoms with Crippen LogP contribution >= 0.6 is 0 Å². The van der Waals surface area contributed by atoms with E-state index < -0.39 is 18.4 Å². The Bertz CT molecular complexity index is 453. The van der Waals surface area contributed by atoms with Gasteiger partial charge in [-0.15, -0.1) is 0 Å². The number of unbranched alkanes of at least 4 members (excludes halogenated alkanes) is 28. The van der Waals surface area contributed by atoms with E-state index in [1.165, 1.54) is 167 Å². The van der Waals surface area contributed by atoms with Crippen LogP contribution in [-0.2, 0) is 0 Å². The SMILES string of the molecule is CCCCCCC[CH2][Sn]([CH2]CCCCCCC)([CH2]CCCCCCCCCCCO)[CH2]CCCCCCCCCCCO. The van der Waals surface area contributed by atoms with Crippen molar-refractivity contribution in [1.29, 1.82) is 0 Å². The zero-order valence-electron chi connectivity index (χ0n) is 30.3. The van der Waals surface area contributed by atoms with Crippen LogP contribution < -0.4 is 0 Å². The van der Waals surface area contributed by atoms with E-state index >= 15 is 0 Å². The molecule has 0 unspecified atom stereocenters. The van der Waals surface area contributed by atoms with Gasteiger partial charge in [-0.2, -0.15) is 0 Å². The van der Waals surface area contributed by atoms with Crippen molar-refractivity contribution in [3.05, 3.63) is 0 Å². The van der Waals surface area contributed by atoms with Crippen LogP contribution in [0.1, 0.15) is 219 Å². The molecule has 0 aliphatic heterocycles. The molecule has 0 bridgehead atoms. The molecule has 0 aromatic rings. The molecule has 0 rings (SSSR count). The van der Waals surface area contributed by atoms with Gasteiger partial charge < -0.3 is 10.2 Å². The Hall–Kier alpha value is 0.719. The normalized spacial score (nSPS) is 12.0. The van der Waals surface area contributed by atoms with E-state index in [2.05, 4.69) is 13.8 Å². The van der Waals surface area contributed by atoms with Crippen LogP contribution in [0.2, 0.25) is 17.7 Å². The summed E-state index contributed by atoms with van der Waals surface area (Å²) in [5, 5.41) is 17.9. The van der Waals surface area contributed by atoms with Crippen molar-refractivity contribution in [3.63, 3.8) is 0 Å². The molecule has 0 heterocycles. The van der Waals surface area contributed by atoms with Gasteiger partial charge in [0.2, 0.25) is 0 Å². The van der Waals surface area contributed by atoms with E-state index in [9.17, 15) is 0 Å². The van der Waals surface area contributed by atoms with Gasteiger partial charge in [-0.3, -0.25) is 0 Å². The molecule has 2 N–H and O–H groups in total. The number of hydrogen-bond acceptors (Lipinski definition) is 2. The Morgan fingerprint density at radius 3 is 0.651 bits per heavy atom. The zero-order valence-corrected chi connectivity index (χ0v) is 33.1. The molecule has 260 valence electrons. The summed E-state index contributed by atoms with van der Waals surface area (Å²) in [6, 6.07) is 0. The molecule has 0 amide bonds. The Kier molecular flexibility index (Phi) is 37.8. The third-order valence-electron chi connectivity index (χ3n) is 10.4. The van der Waals surface area contributed by atoms with E-state index in [1.54, 1.807) is 43.4 Å². The zero-order chi connectivity index (χ0) is 31.4. The third kappa shape index (κ3) is 32.5. The summed E-state index contributed by atoms with van der Waals surface area (Å²) in [6.07, 6.45) is 45.3. The topological polar surface area (TPSA) is 40.5 Å². The summed E-state index contributed by atoms with van der Waals surface area (Å²) in [6.45, 7) is 5.44. The summed E-state index contributed by atoms with van der Waals surface area (Å²) >= 11 is -2.08. The van der Waals surface area contributed by atoms with E-state index in [0.717, 1.165) is 12.8 Å². The van der Waals surface area contributed by atoms with Crippen LogP contribution in [0, 0.1) is 0 Å². The van der Waals surface area contributed by atoms with Crippen molar-refractivity contribution in [3.8, 4) is 0 Å². The maximum atomic E-state index is 8.96. The fourth-order valence-corrected chi connectivity index (χ4v) is 23.1. The van der Waals surface area contributed by atoms with Crippen molar-refractivity contribution < 1.29 is 10.2 Å². The second-order valence-electron chi connectivity index (χ2n) is 14.6. The van der Waals surface area contributed by atoms with Gasteiger partial charge in [0, 0.05) is 0 Å². The molecule has 0 aliphatic rings. The van der Waals surface area contributed by atoms with Crippen LogP contribution in [0.15, 0.2) is 0 Å². The van der Waals surface area contributed by atoms with Gasteiger partial charge in [0.1, 0.15) is 0 Å². The molecule has 0 aliphatic carbocycles. The van der Waals surface area contributed by atoms with E-state index in [-0.39, 0.29) is 0 Å². The molecule has 0 aromatic heterocycles. The van der Waals surface area contributed by atoms with Gasteiger partial charge in [0.05, 0.1) is 0 Å². The number of hydrogen-bond donors (Lipinski definition) is 2. The van der Waals surface area contributed by atoms with Gasteiger partial charge >= 0.3 is 269 Å². The van der Waals surface area contributed by atoms with E-state index in [1.807, 2.05) is 0 Å². The molecular weight excluding hydrogens is 631 g/mol. The Labute approximate surface area is 277 Å². The minimum Gasteiger partial charge on any atom is -0.396 e. The van der Waals surface area contributed by atoms with Gasteiger partial charge in [-0.05, 0) is 0 Å². The molecule has 2 nitrogen and oxygen atoms in total. The summed E-state index contributed by atoms with van der Waals surface area (Å²) in [5.74, 6) is 0. The molecule has 0 radical (unpaired) electrons. The van der Waals surface area contributed by atoms with Gasteiger partial charge in [0.25, 0.3) is 0 Å². The van der Waals surface area contributed by atoms with E-state index in [0.29, 0.717) is 13.2 Å². The first-order chi connectivity index (χ1) is 21.2. The average Bonchev–Trinajstić information content (AvgIpc) is 3.02. The molecule has 0 saturated carbocycles. The standard InChI is InChI=1S/2C12H25O.2C8H17.Sn/c2*1-2-3-4-5-6-7-8-9-10-11-12-13;2*1-3-5-7-8-6-4-2;/h2*13H,1-12H2;2*1,3-8H2,2H3;. The predicted octanol–water partition coefficient (Wildman–Crippen LogP) is 13.9. The van der Waals surface area contributed by atoms with Crippen molar-refractivity contribution in [2.24, 2.45) is 0 Å². The molecule has 3 heteroatoms. The Morgan fingerprint density at radius 2 is 0.442 bits per heavy atom. The quantitative estimate of drug-likeness (QED) is 0.0494. The van der Waals surface area contributed by atoms with Crippen LogP contribution in [0.5, 0.6) is 0 Å². The van der Waals surface area contributed by atoms with Crippen LogP contribution in [0.4, 0.5) is 0 Å². The van der Waals surface area contributed by atoms with Crippen LogP contribution in [0.25, 0.3) is 0 Å². The smallest absolute Gasteiger partial charge is 0.396 e. The van der Waals surface area contributed by atoms with Gasteiger partial charge in [0.15, 0.2) is 0 Å². The van der Waals surface area contributed by atoms with Crippen molar-refractivity contribution in [2.75, 3.05) is 13.2 Å². The first-order valence-electron chi connectivity index (χ1n) is 20.5. The first-order valence-corrected chi connectivity index (χ1v) is 28.5. The second-order valence-corrected chi connectivity index (χ2v) is 28.8. The number of rotatable bonds is 38. The van der Waals surface area contributed by atoms with E-state index in [4.69, 9.17) is 10.2 Å². The van der Waals surface area contributed by atoms with Crippen LogP contribution in [-0.4, -0.2) is 41.8 Å². The third-order valence-corrected chi connectivity index (χ3v) is 26.5. The Balaban J connectivity index is 4.68. The van der Waals surface area contributed by atoms with Crippen LogP contribution in [0.3, 0.4) is 0 Å². The summed E-state index contributed by atoms with van der Waals surface area (Å²) in [7, 11) is 0. The fourth-order valence-electron chi connectivity index (χ4n) is 7.36. The molecule has 0 saturated heterocycles. The van der Waals surface area contributed by atoms with Crippen molar-refractivity contribution in [1.82, 2.24) is 0 Å². The molecule has 0 aromatic carbocycles. The van der Waals surface area contributed by atoms with Crippen molar-refractivity contribution >= 4 is 18.4 Å². The maximum absolute atomic E-state index is 8.96. The summed E-state index contributed by atoms with van der Waals surface area (Å²) < 4.78 is 6.87. The minimum atomic E-state index is -2.08. The van der Waals surface area contributed by atoms with Gasteiger partial charge in [-0.1, -0.05) is 0 Å². The number of aliphatic hydroxyl groups excluding tert-OH is 2. The summed E-state index contributed by atoms with van der Waals surface area (Å²) in [4.78, 5) is 0. The molecule has 0 spiro atoms. The Morgan fingerprint density at radius 1 is 0.256 bits per heavy atom. The molecule has 0 atom stereocenters.